The third-order valence-electron chi connectivity index (χ3n) is 5.26. The van der Waals surface area contributed by atoms with Crippen LogP contribution in [0.1, 0.15) is 60.5 Å². The average Bonchev–Trinajstić information content (AvgIpc) is 3.29. The molecular weight excluding hydrogens is 398 g/mol. The number of anilines is 1. The molecule has 0 saturated heterocycles. The van der Waals surface area contributed by atoms with Crippen molar-refractivity contribution in [2.24, 2.45) is 5.41 Å². The van der Waals surface area contributed by atoms with E-state index in [-0.39, 0.29) is 23.3 Å². The molecule has 1 unspecified atom stereocenters. The summed E-state index contributed by atoms with van der Waals surface area (Å²) in [6.07, 6.45) is 3.61. The fourth-order valence-electron chi connectivity index (χ4n) is 3.94. The number of rotatable bonds is 5. The third kappa shape index (κ3) is 4.43. The Bertz CT molecular complexity index is 1070. The summed E-state index contributed by atoms with van der Waals surface area (Å²) in [6, 6.07) is 10.1. The molecule has 0 radical (unpaired) electrons. The number of nitrogens with one attached hydrogen (secondary N) is 2. The highest BCUT2D eigenvalue weighted by atomic mass is 32.1. The van der Waals surface area contributed by atoms with Crippen molar-refractivity contribution >= 4 is 28.3 Å². The lowest BCUT2D eigenvalue weighted by molar-refractivity contribution is -0.114. The fraction of sp³-hybridized carbons (Fsp3) is 0.364. The van der Waals surface area contributed by atoms with Crippen LogP contribution >= 0.6 is 11.3 Å². The van der Waals surface area contributed by atoms with Crippen molar-refractivity contribution in [2.75, 3.05) is 5.32 Å². The summed E-state index contributed by atoms with van der Waals surface area (Å²) in [5.74, 6) is -0.451. The quantitative estimate of drug-likeness (QED) is 0.653. The van der Waals surface area contributed by atoms with E-state index in [1.165, 1.54) is 23.8 Å². The summed E-state index contributed by atoms with van der Waals surface area (Å²) in [5.41, 5.74) is 3.77. The van der Waals surface area contributed by atoms with Gasteiger partial charge in [0.2, 0.25) is 5.91 Å². The molecule has 30 heavy (non-hydrogen) atoms. The van der Waals surface area contributed by atoms with Crippen LogP contribution in [-0.2, 0) is 17.8 Å². The summed E-state index contributed by atoms with van der Waals surface area (Å²) in [7, 11) is 0. The molecule has 1 aliphatic carbocycles. The number of amides is 2. The molecule has 2 heterocycles. The van der Waals surface area contributed by atoms with Crippen LogP contribution in [0.15, 0.2) is 41.9 Å². The Morgan fingerprint density at radius 3 is 2.77 bits per heavy atom. The van der Waals surface area contributed by atoms with Gasteiger partial charge in [0, 0.05) is 23.6 Å². The van der Waals surface area contributed by atoms with Gasteiger partial charge < -0.3 is 10.6 Å². The smallest absolute Gasteiger partial charge is 0.271 e. The van der Waals surface area contributed by atoms with Gasteiger partial charge in [-0.25, -0.2) is 4.98 Å². The number of carbonyl (C=O) groups is 2. The molecule has 0 bridgehead atoms. The second-order valence-corrected chi connectivity index (χ2v) is 9.34. The molecule has 2 aromatic heterocycles. The van der Waals surface area contributed by atoms with Crippen molar-refractivity contribution in [3.63, 3.8) is 0 Å². The topological polar surface area (TPSA) is 88.9 Å². The van der Waals surface area contributed by atoms with Crippen LogP contribution in [-0.4, -0.2) is 26.6 Å². The van der Waals surface area contributed by atoms with Crippen molar-refractivity contribution < 1.29 is 9.59 Å². The molecule has 0 spiro atoms. The van der Waals surface area contributed by atoms with Crippen LogP contribution in [0.4, 0.5) is 5.13 Å². The molecule has 2 N–H and O–H groups in total. The van der Waals surface area contributed by atoms with Crippen LogP contribution in [0, 0.1) is 5.41 Å². The van der Waals surface area contributed by atoms with Crippen molar-refractivity contribution in [3.05, 3.63) is 64.4 Å². The number of hydrogen-bond donors (Lipinski definition) is 2. The Labute approximate surface area is 179 Å². The maximum atomic E-state index is 12.8. The molecule has 8 heteroatoms. The summed E-state index contributed by atoms with van der Waals surface area (Å²) in [6.45, 7) is 6.55. The van der Waals surface area contributed by atoms with Crippen LogP contribution in [0.3, 0.4) is 0 Å². The lowest BCUT2D eigenvalue weighted by Crippen LogP contribution is -2.37. The van der Waals surface area contributed by atoms with Gasteiger partial charge in [0.1, 0.15) is 5.69 Å². The molecule has 0 fully saturated rings. The van der Waals surface area contributed by atoms with Crippen LogP contribution in [0.2, 0.25) is 0 Å². The average molecular weight is 424 g/mol. The van der Waals surface area contributed by atoms with E-state index in [4.69, 9.17) is 0 Å². The normalized spacial score (nSPS) is 17.2. The molecule has 0 saturated carbocycles. The molecule has 4 rings (SSSR count). The van der Waals surface area contributed by atoms with Gasteiger partial charge in [0.05, 0.1) is 18.8 Å². The Kier molecular flexibility index (Phi) is 5.42. The number of thiazole rings is 1. The van der Waals surface area contributed by atoms with Gasteiger partial charge >= 0.3 is 0 Å². The standard InChI is InChI=1S/C22H25N5O2S/c1-14(28)24-21-26-18(13-30-21)20(29)25-17-9-22(2,3)10-19-16(17)11-23-27(19)12-15-7-5-4-6-8-15/h4-8,11,13,17H,9-10,12H2,1-3H3,(H,25,29)(H,24,26,28). The van der Waals surface area contributed by atoms with Crippen molar-refractivity contribution in [1.82, 2.24) is 20.1 Å². The second kappa shape index (κ2) is 8.02. The molecular formula is C22H25N5O2S. The van der Waals surface area contributed by atoms with Crippen LogP contribution < -0.4 is 10.6 Å². The monoisotopic (exact) mass is 423 g/mol. The fourth-order valence-corrected chi connectivity index (χ4v) is 4.67. The number of carbonyl (C=O) groups excluding carboxylic acids is 2. The molecule has 1 aromatic carbocycles. The van der Waals surface area contributed by atoms with E-state index in [0.717, 1.165) is 24.1 Å². The number of hydrogen-bond acceptors (Lipinski definition) is 5. The Morgan fingerprint density at radius 2 is 2.03 bits per heavy atom. The largest absolute Gasteiger partial charge is 0.344 e. The van der Waals surface area contributed by atoms with Crippen LogP contribution in [0.5, 0.6) is 0 Å². The zero-order valence-electron chi connectivity index (χ0n) is 17.3. The van der Waals surface area contributed by atoms with E-state index < -0.39 is 0 Å². The Morgan fingerprint density at radius 1 is 1.27 bits per heavy atom. The highest BCUT2D eigenvalue weighted by molar-refractivity contribution is 7.14. The van der Waals surface area contributed by atoms with Gasteiger partial charge in [-0.1, -0.05) is 44.2 Å². The SMILES string of the molecule is CC(=O)Nc1nc(C(=O)NC2CC(C)(C)Cc3c2cnn3Cc2ccccc2)cs1. The van der Waals surface area contributed by atoms with Crippen molar-refractivity contribution in [3.8, 4) is 0 Å². The zero-order valence-corrected chi connectivity index (χ0v) is 18.1. The number of fused-ring (bicyclic) bond motifs is 1. The maximum Gasteiger partial charge on any atom is 0.271 e. The first kappa shape index (κ1) is 20.3. The van der Waals surface area contributed by atoms with Gasteiger partial charge in [-0.05, 0) is 23.8 Å². The first-order valence-electron chi connectivity index (χ1n) is 9.93. The molecule has 2 amide bonds. The summed E-state index contributed by atoms with van der Waals surface area (Å²) >= 11 is 1.24. The third-order valence-corrected chi connectivity index (χ3v) is 6.02. The predicted molar refractivity (Wildman–Crippen MR) is 116 cm³/mol. The number of benzene rings is 1. The van der Waals surface area contributed by atoms with Crippen molar-refractivity contribution in [2.45, 2.75) is 46.2 Å². The highest BCUT2D eigenvalue weighted by Gasteiger charge is 2.36. The van der Waals surface area contributed by atoms with E-state index in [1.54, 1.807) is 5.38 Å². The molecule has 1 atom stereocenters. The molecule has 0 aliphatic heterocycles. The van der Waals surface area contributed by atoms with Crippen molar-refractivity contribution in [1.29, 1.82) is 0 Å². The minimum Gasteiger partial charge on any atom is -0.344 e. The van der Waals surface area contributed by atoms with Gasteiger partial charge in [-0.15, -0.1) is 11.3 Å². The minimum absolute atomic E-state index is 0.0306. The summed E-state index contributed by atoms with van der Waals surface area (Å²) in [5, 5.41) is 12.5. The predicted octanol–water partition coefficient (Wildman–Crippen LogP) is 3.79. The maximum absolute atomic E-state index is 12.8. The van der Waals surface area contributed by atoms with Gasteiger partial charge in [-0.3, -0.25) is 14.3 Å². The van der Waals surface area contributed by atoms with Gasteiger partial charge in [0.15, 0.2) is 5.13 Å². The molecule has 7 nitrogen and oxygen atoms in total. The Balaban J connectivity index is 1.55. The second-order valence-electron chi connectivity index (χ2n) is 8.48. The van der Waals surface area contributed by atoms with E-state index in [1.807, 2.05) is 29.1 Å². The molecule has 3 aromatic rings. The molecule has 156 valence electrons. The number of nitrogens with zero attached hydrogens (tertiary/aromatic N) is 3. The molecule has 1 aliphatic rings. The van der Waals surface area contributed by atoms with Gasteiger partial charge in [0.25, 0.3) is 5.91 Å². The first-order chi connectivity index (χ1) is 14.3. The lowest BCUT2D eigenvalue weighted by Gasteiger charge is -2.35. The van der Waals surface area contributed by atoms with E-state index >= 15 is 0 Å². The Hall–Kier alpha value is -3.00. The minimum atomic E-state index is -0.243. The summed E-state index contributed by atoms with van der Waals surface area (Å²) in [4.78, 5) is 28.2. The van der Waals surface area contributed by atoms with Gasteiger partial charge in [-0.2, -0.15) is 5.10 Å². The van der Waals surface area contributed by atoms with Crippen LogP contribution in [0.25, 0.3) is 0 Å². The lowest BCUT2D eigenvalue weighted by atomic mass is 9.74. The van der Waals surface area contributed by atoms with E-state index in [9.17, 15) is 9.59 Å². The zero-order chi connectivity index (χ0) is 21.3. The van der Waals surface area contributed by atoms with E-state index in [2.05, 4.69) is 46.7 Å². The highest BCUT2D eigenvalue weighted by Crippen LogP contribution is 2.41. The van der Waals surface area contributed by atoms with E-state index in [0.29, 0.717) is 17.4 Å². The summed E-state index contributed by atoms with van der Waals surface area (Å²) < 4.78 is 2.04. The number of aromatic nitrogens is 3. The first-order valence-corrected chi connectivity index (χ1v) is 10.8.